The molecule has 0 bridgehead atoms. The third-order valence-electron chi connectivity index (χ3n) is 3.58. The van der Waals surface area contributed by atoms with Gasteiger partial charge in [-0.05, 0) is 37.5 Å². The minimum Gasteiger partial charge on any atom is -0.310 e. The highest BCUT2D eigenvalue weighted by atomic mass is 19.1. The lowest BCUT2D eigenvalue weighted by Gasteiger charge is -2.06. The van der Waals surface area contributed by atoms with E-state index in [1.807, 2.05) is 16.9 Å². The molecule has 2 aromatic rings. The summed E-state index contributed by atoms with van der Waals surface area (Å²) in [6, 6.07) is 7.38. The van der Waals surface area contributed by atoms with Crippen LogP contribution in [0.2, 0.25) is 0 Å². The number of rotatable bonds is 5. The molecule has 1 aromatic carbocycles. The van der Waals surface area contributed by atoms with E-state index < -0.39 is 0 Å². The molecule has 0 saturated heterocycles. The number of nitrogens with zero attached hydrogens (tertiary/aromatic N) is 2. The largest absolute Gasteiger partial charge is 0.310 e. The molecular weight excluding hydrogens is 241 g/mol. The van der Waals surface area contributed by atoms with Crippen LogP contribution in [0, 0.1) is 12.7 Å². The molecule has 3 rings (SSSR count). The van der Waals surface area contributed by atoms with Crippen molar-refractivity contribution in [2.24, 2.45) is 0 Å². The predicted octanol–water partition coefficient (Wildman–Crippen LogP) is 2.63. The van der Waals surface area contributed by atoms with Crippen LogP contribution in [0.3, 0.4) is 0 Å². The van der Waals surface area contributed by atoms with Crippen LogP contribution in [0.1, 0.15) is 29.7 Å². The Bertz CT molecular complexity index is 573. The first kappa shape index (κ1) is 12.4. The van der Waals surface area contributed by atoms with E-state index in [0.717, 1.165) is 17.8 Å². The second kappa shape index (κ2) is 5.13. The highest BCUT2D eigenvalue weighted by Gasteiger charge is 2.20. The number of nitrogens with one attached hydrogen (secondary N) is 1. The van der Waals surface area contributed by atoms with E-state index in [9.17, 15) is 4.39 Å². The van der Waals surface area contributed by atoms with Crippen molar-refractivity contribution in [2.45, 2.75) is 38.9 Å². The Labute approximate surface area is 112 Å². The lowest BCUT2D eigenvalue weighted by atomic mass is 10.2. The first-order chi connectivity index (χ1) is 9.22. The predicted molar refractivity (Wildman–Crippen MR) is 72.3 cm³/mol. The quantitative estimate of drug-likeness (QED) is 0.894. The second-order valence-electron chi connectivity index (χ2n) is 5.20. The topological polar surface area (TPSA) is 29.9 Å². The molecule has 4 heteroatoms. The molecule has 1 heterocycles. The van der Waals surface area contributed by atoms with Crippen LogP contribution in [0.15, 0.2) is 30.5 Å². The molecule has 0 amide bonds. The van der Waals surface area contributed by atoms with Crippen LogP contribution in [0.25, 0.3) is 0 Å². The van der Waals surface area contributed by atoms with Crippen LogP contribution in [-0.2, 0) is 13.1 Å². The van der Waals surface area contributed by atoms with E-state index in [1.165, 1.54) is 24.5 Å². The minimum absolute atomic E-state index is 0.196. The minimum atomic E-state index is -0.196. The highest BCUT2D eigenvalue weighted by molar-refractivity contribution is 5.20. The zero-order valence-electron chi connectivity index (χ0n) is 11.1. The van der Waals surface area contributed by atoms with Crippen molar-refractivity contribution < 1.29 is 4.39 Å². The lowest BCUT2D eigenvalue weighted by molar-refractivity contribution is 0.615. The molecule has 0 radical (unpaired) electrons. The first-order valence-corrected chi connectivity index (χ1v) is 6.71. The fourth-order valence-electron chi connectivity index (χ4n) is 2.17. The van der Waals surface area contributed by atoms with Crippen LogP contribution in [-0.4, -0.2) is 15.8 Å². The van der Waals surface area contributed by atoms with Gasteiger partial charge in [-0.15, -0.1) is 0 Å². The Hall–Kier alpha value is -1.68. The van der Waals surface area contributed by atoms with Gasteiger partial charge in [-0.25, -0.2) is 4.39 Å². The maximum Gasteiger partial charge on any atom is 0.123 e. The fourth-order valence-corrected chi connectivity index (χ4v) is 2.17. The molecule has 100 valence electrons. The van der Waals surface area contributed by atoms with Gasteiger partial charge < -0.3 is 5.32 Å². The normalized spacial score (nSPS) is 14.8. The SMILES string of the molecule is Cc1c(CNC2CC2)cnn1Cc1cccc(F)c1. The van der Waals surface area contributed by atoms with Crippen molar-refractivity contribution >= 4 is 0 Å². The van der Waals surface area contributed by atoms with Gasteiger partial charge in [-0.2, -0.15) is 5.10 Å². The third-order valence-corrected chi connectivity index (χ3v) is 3.58. The Balaban J connectivity index is 1.70. The summed E-state index contributed by atoms with van der Waals surface area (Å²) in [5.74, 6) is -0.196. The second-order valence-corrected chi connectivity index (χ2v) is 5.20. The lowest BCUT2D eigenvalue weighted by Crippen LogP contribution is -2.16. The molecule has 1 aliphatic rings. The van der Waals surface area contributed by atoms with E-state index in [2.05, 4.69) is 17.3 Å². The fraction of sp³-hybridized carbons (Fsp3) is 0.400. The van der Waals surface area contributed by atoms with E-state index in [-0.39, 0.29) is 5.82 Å². The summed E-state index contributed by atoms with van der Waals surface area (Å²) in [6.07, 6.45) is 4.48. The summed E-state index contributed by atoms with van der Waals surface area (Å²) in [6.45, 7) is 3.56. The van der Waals surface area contributed by atoms with E-state index >= 15 is 0 Å². The number of hydrogen-bond donors (Lipinski definition) is 1. The Kier molecular flexibility index (Phi) is 3.34. The van der Waals surface area contributed by atoms with Gasteiger partial charge in [0.15, 0.2) is 0 Å². The Morgan fingerprint density at radius 2 is 2.26 bits per heavy atom. The number of halogens is 1. The van der Waals surface area contributed by atoms with Crippen molar-refractivity contribution in [1.82, 2.24) is 15.1 Å². The zero-order chi connectivity index (χ0) is 13.2. The smallest absolute Gasteiger partial charge is 0.123 e. The number of hydrogen-bond acceptors (Lipinski definition) is 2. The maximum atomic E-state index is 13.2. The first-order valence-electron chi connectivity index (χ1n) is 6.71. The summed E-state index contributed by atoms with van der Waals surface area (Å²) in [5.41, 5.74) is 3.31. The van der Waals surface area contributed by atoms with Crippen molar-refractivity contribution in [2.75, 3.05) is 0 Å². The molecule has 1 fully saturated rings. The molecule has 1 aromatic heterocycles. The van der Waals surface area contributed by atoms with Crippen LogP contribution in [0.5, 0.6) is 0 Å². The van der Waals surface area contributed by atoms with Gasteiger partial charge in [-0.1, -0.05) is 12.1 Å². The van der Waals surface area contributed by atoms with Crippen LogP contribution >= 0.6 is 0 Å². The van der Waals surface area contributed by atoms with E-state index in [4.69, 9.17) is 0 Å². The van der Waals surface area contributed by atoms with Gasteiger partial charge in [0.2, 0.25) is 0 Å². The van der Waals surface area contributed by atoms with Crippen molar-refractivity contribution in [1.29, 1.82) is 0 Å². The summed E-state index contributed by atoms with van der Waals surface area (Å²) < 4.78 is 15.1. The molecule has 3 nitrogen and oxygen atoms in total. The Morgan fingerprint density at radius 1 is 1.42 bits per heavy atom. The average Bonchev–Trinajstić information content (AvgIpc) is 3.15. The summed E-state index contributed by atoms with van der Waals surface area (Å²) >= 11 is 0. The number of benzene rings is 1. The Morgan fingerprint density at radius 3 is 3.00 bits per heavy atom. The van der Waals surface area contributed by atoms with Gasteiger partial charge in [-0.3, -0.25) is 4.68 Å². The van der Waals surface area contributed by atoms with Gasteiger partial charge >= 0.3 is 0 Å². The molecule has 0 unspecified atom stereocenters. The summed E-state index contributed by atoms with van der Waals surface area (Å²) in [7, 11) is 0. The molecule has 0 atom stereocenters. The van der Waals surface area contributed by atoms with Crippen LogP contribution in [0.4, 0.5) is 4.39 Å². The van der Waals surface area contributed by atoms with Crippen molar-refractivity contribution in [3.05, 3.63) is 53.1 Å². The van der Waals surface area contributed by atoms with E-state index in [0.29, 0.717) is 12.6 Å². The van der Waals surface area contributed by atoms with E-state index in [1.54, 1.807) is 12.1 Å². The van der Waals surface area contributed by atoms with Crippen molar-refractivity contribution in [3.8, 4) is 0 Å². The van der Waals surface area contributed by atoms with Gasteiger partial charge in [0.25, 0.3) is 0 Å². The standard InChI is InChI=1S/C15H18FN3/c1-11-13(8-17-15-5-6-15)9-18-19(11)10-12-3-2-4-14(16)7-12/h2-4,7,9,15,17H,5-6,8,10H2,1H3. The van der Waals surface area contributed by atoms with Crippen LogP contribution < -0.4 is 5.32 Å². The maximum absolute atomic E-state index is 13.2. The zero-order valence-corrected chi connectivity index (χ0v) is 11.1. The van der Waals surface area contributed by atoms with Gasteiger partial charge in [0.1, 0.15) is 5.82 Å². The van der Waals surface area contributed by atoms with Gasteiger partial charge in [0.05, 0.1) is 12.7 Å². The highest BCUT2D eigenvalue weighted by Crippen LogP contribution is 2.20. The monoisotopic (exact) mass is 259 g/mol. The third kappa shape index (κ3) is 3.01. The molecule has 1 saturated carbocycles. The molecule has 0 aliphatic heterocycles. The summed E-state index contributed by atoms with van der Waals surface area (Å²) in [4.78, 5) is 0. The molecular formula is C15H18FN3. The molecule has 19 heavy (non-hydrogen) atoms. The van der Waals surface area contributed by atoms with Crippen molar-refractivity contribution in [3.63, 3.8) is 0 Å². The molecule has 0 spiro atoms. The average molecular weight is 259 g/mol. The van der Waals surface area contributed by atoms with Gasteiger partial charge in [0, 0.05) is 23.8 Å². The summed E-state index contributed by atoms with van der Waals surface area (Å²) in [5, 5.41) is 7.88. The molecule has 1 aliphatic carbocycles. The number of aromatic nitrogens is 2. The molecule has 1 N–H and O–H groups in total.